The summed E-state index contributed by atoms with van der Waals surface area (Å²) in [5.41, 5.74) is -3.37. The Labute approximate surface area is 127 Å². The van der Waals surface area contributed by atoms with Gasteiger partial charge in [0.15, 0.2) is 0 Å². The summed E-state index contributed by atoms with van der Waals surface area (Å²) >= 11 is 6.86. The molecule has 10 heteroatoms. The van der Waals surface area contributed by atoms with E-state index in [-0.39, 0.29) is 0 Å². The fraction of sp³-hybridized carbons (Fsp3) is 0.455. The highest BCUT2D eigenvalue weighted by atomic mass is 35.5. The second-order valence-corrected chi connectivity index (χ2v) is 6.14. The van der Waals surface area contributed by atoms with Crippen molar-refractivity contribution >= 4 is 34.9 Å². The van der Waals surface area contributed by atoms with E-state index < -0.39 is 29.8 Å². The number of halogens is 4. The second-order valence-electron chi connectivity index (χ2n) is 4.39. The monoisotopic (exact) mass is 344 g/mol. The standard InChI is InChI=1S/C11H12ClF3N2O3S/c1-5(6-3-4-7(12)21-6)16-9(20)17-10(2,8(18)19)11(13,14)15/h3-5H,1-2H3,(H,18,19)(H2,16,17,20). The first kappa shape index (κ1) is 17.6. The highest BCUT2D eigenvalue weighted by molar-refractivity contribution is 7.16. The van der Waals surface area contributed by atoms with E-state index in [2.05, 4.69) is 5.32 Å². The number of carboxylic acid groups (broad SMARTS) is 1. The molecule has 2 unspecified atom stereocenters. The SMILES string of the molecule is CC(NC(=O)NC(C)(C(=O)O)C(F)(F)F)c1ccc(Cl)s1. The van der Waals surface area contributed by atoms with Crippen LogP contribution in [0.25, 0.3) is 0 Å². The van der Waals surface area contributed by atoms with E-state index in [1.54, 1.807) is 12.1 Å². The van der Waals surface area contributed by atoms with Crippen LogP contribution in [0, 0.1) is 0 Å². The minimum atomic E-state index is -5.13. The Morgan fingerprint density at radius 3 is 2.33 bits per heavy atom. The molecule has 21 heavy (non-hydrogen) atoms. The maximum absolute atomic E-state index is 12.7. The molecule has 2 atom stereocenters. The first-order chi connectivity index (χ1) is 9.47. The number of hydrogen-bond donors (Lipinski definition) is 3. The lowest BCUT2D eigenvalue weighted by Crippen LogP contribution is -2.63. The van der Waals surface area contributed by atoms with Crippen LogP contribution in [0.15, 0.2) is 12.1 Å². The van der Waals surface area contributed by atoms with Gasteiger partial charge in [0.25, 0.3) is 0 Å². The third-order valence-electron chi connectivity index (χ3n) is 2.73. The molecule has 0 aromatic carbocycles. The molecule has 118 valence electrons. The normalized spacial score (nSPS) is 15.9. The predicted octanol–water partition coefficient (Wildman–Crippen LogP) is 3.17. The topological polar surface area (TPSA) is 78.4 Å². The first-order valence-corrected chi connectivity index (χ1v) is 6.81. The smallest absolute Gasteiger partial charge is 0.422 e. The Kier molecular flexibility index (Phi) is 5.11. The molecule has 0 aliphatic carbocycles. The van der Waals surface area contributed by atoms with Gasteiger partial charge in [-0.2, -0.15) is 13.2 Å². The van der Waals surface area contributed by atoms with Crippen molar-refractivity contribution in [2.45, 2.75) is 31.6 Å². The van der Waals surface area contributed by atoms with Gasteiger partial charge in [-0.1, -0.05) is 11.6 Å². The van der Waals surface area contributed by atoms with Gasteiger partial charge in [0.1, 0.15) is 0 Å². The molecule has 1 aromatic heterocycles. The van der Waals surface area contributed by atoms with Crippen molar-refractivity contribution in [3.8, 4) is 0 Å². The van der Waals surface area contributed by atoms with E-state index in [1.165, 1.54) is 12.2 Å². The fourth-order valence-corrected chi connectivity index (χ4v) is 2.40. The summed E-state index contributed by atoms with van der Waals surface area (Å²) in [6.45, 7) is 1.91. The van der Waals surface area contributed by atoms with Crippen LogP contribution in [-0.2, 0) is 4.79 Å². The molecule has 0 fully saturated rings. The van der Waals surface area contributed by atoms with Crippen LogP contribution in [-0.4, -0.2) is 28.8 Å². The van der Waals surface area contributed by atoms with E-state index in [1.807, 2.05) is 0 Å². The Bertz CT molecular complexity index is 549. The van der Waals surface area contributed by atoms with Gasteiger partial charge >= 0.3 is 18.2 Å². The summed E-state index contributed by atoms with van der Waals surface area (Å²) in [6.07, 6.45) is -5.13. The van der Waals surface area contributed by atoms with Crippen LogP contribution in [0.3, 0.4) is 0 Å². The van der Waals surface area contributed by atoms with E-state index in [4.69, 9.17) is 16.7 Å². The lowest BCUT2D eigenvalue weighted by molar-refractivity contribution is -0.203. The van der Waals surface area contributed by atoms with Crippen molar-refractivity contribution in [1.29, 1.82) is 0 Å². The molecule has 0 aliphatic heterocycles. The maximum atomic E-state index is 12.7. The molecule has 1 aromatic rings. The number of rotatable bonds is 4. The number of aliphatic carboxylic acids is 1. The zero-order valence-corrected chi connectivity index (χ0v) is 12.5. The lowest BCUT2D eigenvalue weighted by atomic mass is 10.0. The number of carboxylic acids is 1. The summed E-state index contributed by atoms with van der Waals surface area (Å²) < 4.78 is 38.7. The van der Waals surface area contributed by atoms with E-state index in [0.717, 1.165) is 11.3 Å². The van der Waals surface area contributed by atoms with Crippen LogP contribution < -0.4 is 10.6 Å². The number of carbonyl (C=O) groups is 2. The molecule has 1 heterocycles. The largest absolute Gasteiger partial charge is 0.479 e. The number of thiophene rings is 1. The molecular weight excluding hydrogens is 333 g/mol. The molecule has 3 N–H and O–H groups in total. The van der Waals surface area contributed by atoms with E-state index in [0.29, 0.717) is 16.1 Å². The Morgan fingerprint density at radius 2 is 1.95 bits per heavy atom. The summed E-state index contributed by atoms with van der Waals surface area (Å²) in [6, 6.07) is 1.33. The third-order valence-corrected chi connectivity index (χ3v) is 4.14. The lowest BCUT2D eigenvalue weighted by Gasteiger charge is -2.29. The average molecular weight is 345 g/mol. The predicted molar refractivity (Wildman–Crippen MR) is 71.5 cm³/mol. The van der Waals surface area contributed by atoms with Crippen molar-refractivity contribution in [2.24, 2.45) is 0 Å². The molecule has 0 aliphatic rings. The van der Waals surface area contributed by atoms with Crippen molar-refractivity contribution in [2.75, 3.05) is 0 Å². The summed E-state index contributed by atoms with van der Waals surface area (Å²) in [5, 5.41) is 12.4. The fourth-order valence-electron chi connectivity index (χ4n) is 1.34. The molecule has 0 saturated carbocycles. The van der Waals surface area contributed by atoms with Gasteiger partial charge in [-0.15, -0.1) is 11.3 Å². The number of alkyl halides is 3. The van der Waals surface area contributed by atoms with Crippen molar-refractivity contribution in [3.63, 3.8) is 0 Å². The molecule has 0 saturated heterocycles. The van der Waals surface area contributed by atoms with Gasteiger partial charge in [0.05, 0.1) is 10.4 Å². The minimum absolute atomic E-state index is 0.377. The zero-order chi connectivity index (χ0) is 16.4. The Hall–Kier alpha value is -1.48. The molecule has 5 nitrogen and oxygen atoms in total. The number of hydrogen-bond acceptors (Lipinski definition) is 3. The van der Waals surface area contributed by atoms with E-state index in [9.17, 15) is 22.8 Å². The third kappa shape index (κ3) is 4.01. The van der Waals surface area contributed by atoms with Crippen LogP contribution in [0.5, 0.6) is 0 Å². The number of nitrogens with one attached hydrogen (secondary N) is 2. The van der Waals surface area contributed by atoms with Gasteiger partial charge in [0, 0.05) is 4.88 Å². The molecule has 1 rings (SSSR count). The maximum Gasteiger partial charge on any atom is 0.422 e. The van der Waals surface area contributed by atoms with Crippen LogP contribution >= 0.6 is 22.9 Å². The number of urea groups is 1. The van der Waals surface area contributed by atoms with Gasteiger partial charge in [-0.05, 0) is 26.0 Å². The second kappa shape index (κ2) is 6.10. The Balaban J connectivity index is 2.78. The molecule has 0 spiro atoms. The van der Waals surface area contributed by atoms with Gasteiger partial charge in [-0.3, -0.25) is 0 Å². The summed E-state index contributed by atoms with van der Waals surface area (Å²) in [5.74, 6) is -2.20. The summed E-state index contributed by atoms with van der Waals surface area (Å²) in [7, 11) is 0. The summed E-state index contributed by atoms with van der Waals surface area (Å²) in [4.78, 5) is 23.0. The van der Waals surface area contributed by atoms with E-state index >= 15 is 0 Å². The van der Waals surface area contributed by atoms with Crippen molar-refractivity contribution < 1.29 is 27.9 Å². The van der Waals surface area contributed by atoms with Crippen LogP contribution in [0.2, 0.25) is 4.34 Å². The zero-order valence-electron chi connectivity index (χ0n) is 10.9. The highest BCUT2D eigenvalue weighted by Gasteiger charge is 2.58. The van der Waals surface area contributed by atoms with Crippen LogP contribution in [0.1, 0.15) is 24.8 Å². The molecular formula is C11H12ClF3N2O3S. The van der Waals surface area contributed by atoms with Crippen molar-refractivity contribution in [1.82, 2.24) is 10.6 Å². The quantitative estimate of drug-likeness (QED) is 0.785. The first-order valence-electron chi connectivity index (χ1n) is 5.61. The molecule has 0 radical (unpaired) electrons. The molecule has 2 amide bonds. The number of carbonyl (C=O) groups excluding carboxylic acids is 1. The van der Waals surface area contributed by atoms with Gasteiger partial charge in [0.2, 0.25) is 5.54 Å². The molecule has 0 bridgehead atoms. The highest BCUT2D eigenvalue weighted by Crippen LogP contribution is 2.31. The van der Waals surface area contributed by atoms with Gasteiger partial charge < -0.3 is 15.7 Å². The number of amides is 2. The van der Waals surface area contributed by atoms with Crippen LogP contribution in [0.4, 0.5) is 18.0 Å². The van der Waals surface area contributed by atoms with Gasteiger partial charge in [-0.25, -0.2) is 9.59 Å². The Morgan fingerprint density at radius 1 is 1.38 bits per heavy atom. The van der Waals surface area contributed by atoms with Crippen molar-refractivity contribution in [3.05, 3.63) is 21.3 Å². The average Bonchev–Trinajstić information content (AvgIpc) is 2.73. The minimum Gasteiger partial charge on any atom is -0.479 e.